The lowest BCUT2D eigenvalue weighted by molar-refractivity contribution is -0.159. The van der Waals surface area contributed by atoms with Crippen LogP contribution in [0.3, 0.4) is 0 Å². The summed E-state index contributed by atoms with van der Waals surface area (Å²) < 4.78 is 105. The molecule has 0 atom stereocenters. The second-order valence-electron chi connectivity index (χ2n) is 5.96. The van der Waals surface area contributed by atoms with Gasteiger partial charge in [0.2, 0.25) is 5.82 Å². The van der Waals surface area contributed by atoms with E-state index >= 15 is 0 Å². The fourth-order valence-electron chi connectivity index (χ4n) is 2.29. The number of aromatic nitrogens is 2. The maximum absolute atomic E-state index is 12.6. The Morgan fingerprint density at radius 1 is 0.871 bits per heavy atom. The number of rotatable bonds is 4. The molecule has 7 nitrogen and oxygen atoms in total. The van der Waals surface area contributed by atoms with E-state index in [1.165, 1.54) is 0 Å². The largest absolute Gasteiger partial charge is 0.471 e. The van der Waals surface area contributed by atoms with Gasteiger partial charge in [0.05, 0.1) is 10.5 Å². The standard InChI is InChI=1S/C17H9F6N3O4S/c18-16(19,20)11-5-7-12(8-6-11)31(28,29)26-14(27)10-3-1-9(2-4-10)13-24-15(30-25-13)17(21,22)23/h1-8H,(H,26,27). The second kappa shape index (κ2) is 7.68. The lowest BCUT2D eigenvalue weighted by Crippen LogP contribution is -2.30. The Hall–Kier alpha value is -3.42. The van der Waals surface area contributed by atoms with E-state index in [9.17, 15) is 39.6 Å². The summed E-state index contributed by atoms with van der Waals surface area (Å²) >= 11 is 0. The lowest BCUT2D eigenvalue weighted by atomic mass is 10.1. The molecule has 0 fully saturated rings. The van der Waals surface area contributed by atoms with Crippen LogP contribution in [0.1, 0.15) is 21.8 Å². The summed E-state index contributed by atoms with van der Waals surface area (Å²) in [5.41, 5.74) is -1.20. The maximum atomic E-state index is 12.6. The molecule has 0 aliphatic rings. The van der Waals surface area contributed by atoms with Crippen LogP contribution in [0.5, 0.6) is 0 Å². The first-order valence-corrected chi connectivity index (χ1v) is 9.51. The van der Waals surface area contributed by atoms with Crippen LogP contribution in [-0.2, 0) is 22.4 Å². The Balaban J connectivity index is 1.75. The summed E-state index contributed by atoms with van der Waals surface area (Å²) in [6, 6.07) is 6.98. The first-order chi connectivity index (χ1) is 14.3. The topological polar surface area (TPSA) is 102 Å². The van der Waals surface area contributed by atoms with E-state index in [2.05, 4.69) is 14.7 Å². The molecule has 1 heterocycles. The van der Waals surface area contributed by atoms with Gasteiger partial charge < -0.3 is 4.52 Å². The predicted molar refractivity (Wildman–Crippen MR) is 90.8 cm³/mol. The highest BCUT2D eigenvalue weighted by Gasteiger charge is 2.38. The number of nitrogens with zero attached hydrogens (tertiary/aromatic N) is 2. The van der Waals surface area contributed by atoms with Crippen molar-refractivity contribution in [1.82, 2.24) is 14.9 Å². The first-order valence-electron chi connectivity index (χ1n) is 8.03. The Bertz CT molecular complexity index is 1200. The number of hydrogen-bond donors (Lipinski definition) is 1. The van der Waals surface area contributed by atoms with Crippen LogP contribution in [0.25, 0.3) is 11.4 Å². The van der Waals surface area contributed by atoms with Crippen LogP contribution >= 0.6 is 0 Å². The van der Waals surface area contributed by atoms with E-state index in [0.717, 1.165) is 24.3 Å². The van der Waals surface area contributed by atoms with Crippen molar-refractivity contribution in [3.8, 4) is 11.4 Å². The fourth-order valence-corrected chi connectivity index (χ4v) is 3.26. The van der Waals surface area contributed by atoms with Gasteiger partial charge in [-0.25, -0.2) is 13.1 Å². The molecule has 164 valence electrons. The van der Waals surface area contributed by atoms with Crippen molar-refractivity contribution in [3.05, 3.63) is 65.5 Å². The number of nitrogens with one attached hydrogen (secondary N) is 1. The third-order valence-corrected chi connectivity index (χ3v) is 5.14. The molecule has 0 radical (unpaired) electrons. The molecule has 2 aromatic carbocycles. The Morgan fingerprint density at radius 2 is 1.45 bits per heavy atom. The number of carbonyl (C=O) groups excluding carboxylic acids is 1. The molecule has 0 spiro atoms. The average Bonchev–Trinajstić information content (AvgIpc) is 3.18. The highest BCUT2D eigenvalue weighted by molar-refractivity contribution is 7.90. The highest BCUT2D eigenvalue weighted by atomic mass is 32.2. The van der Waals surface area contributed by atoms with E-state index < -0.39 is 50.5 Å². The zero-order chi connectivity index (χ0) is 23.0. The third kappa shape index (κ3) is 5.02. The van der Waals surface area contributed by atoms with E-state index in [-0.39, 0.29) is 11.1 Å². The van der Waals surface area contributed by atoms with Crippen LogP contribution < -0.4 is 4.72 Å². The zero-order valence-corrected chi connectivity index (χ0v) is 15.6. The Labute approximate surface area is 169 Å². The van der Waals surface area contributed by atoms with Crippen molar-refractivity contribution in [2.75, 3.05) is 0 Å². The van der Waals surface area contributed by atoms with Crippen LogP contribution in [0.2, 0.25) is 0 Å². The van der Waals surface area contributed by atoms with Gasteiger partial charge in [-0.1, -0.05) is 17.3 Å². The molecule has 14 heteroatoms. The summed E-state index contributed by atoms with van der Waals surface area (Å²) in [4.78, 5) is 14.8. The molecule has 1 aromatic heterocycles. The minimum Gasteiger partial charge on any atom is -0.329 e. The van der Waals surface area contributed by atoms with Crippen LogP contribution in [0, 0.1) is 0 Å². The summed E-state index contributed by atoms with van der Waals surface area (Å²) in [5.74, 6) is -3.08. The van der Waals surface area contributed by atoms with Crippen molar-refractivity contribution < 1.29 is 44.1 Å². The van der Waals surface area contributed by atoms with E-state index in [1.54, 1.807) is 4.72 Å². The van der Waals surface area contributed by atoms with Crippen molar-refractivity contribution in [2.24, 2.45) is 0 Å². The summed E-state index contributed by atoms with van der Waals surface area (Å²) in [6.45, 7) is 0. The normalized spacial score (nSPS) is 12.6. The lowest BCUT2D eigenvalue weighted by Gasteiger charge is -2.09. The molecule has 31 heavy (non-hydrogen) atoms. The maximum Gasteiger partial charge on any atom is 0.471 e. The van der Waals surface area contributed by atoms with Gasteiger partial charge >= 0.3 is 18.2 Å². The average molecular weight is 465 g/mol. The van der Waals surface area contributed by atoms with Gasteiger partial charge in [0.25, 0.3) is 15.9 Å². The molecule has 0 saturated heterocycles. The molecule has 1 N–H and O–H groups in total. The third-order valence-electron chi connectivity index (χ3n) is 3.79. The summed E-state index contributed by atoms with van der Waals surface area (Å²) in [5, 5.41) is 3.17. The van der Waals surface area contributed by atoms with Crippen molar-refractivity contribution in [2.45, 2.75) is 17.2 Å². The Kier molecular flexibility index (Phi) is 5.52. The second-order valence-corrected chi connectivity index (χ2v) is 7.64. The molecule has 0 unspecified atom stereocenters. The number of hydrogen-bond acceptors (Lipinski definition) is 6. The van der Waals surface area contributed by atoms with Crippen molar-refractivity contribution in [1.29, 1.82) is 0 Å². The van der Waals surface area contributed by atoms with Crippen LogP contribution in [0.15, 0.2) is 57.9 Å². The number of carbonyl (C=O) groups is 1. The predicted octanol–water partition coefficient (Wildman–Crippen LogP) is 3.89. The zero-order valence-electron chi connectivity index (χ0n) is 14.8. The molecular formula is C17H9F6N3O4S. The molecular weight excluding hydrogens is 456 g/mol. The minimum absolute atomic E-state index is 0.0568. The van der Waals surface area contributed by atoms with Gasteiger partial charge in [0, 0.05) is 11.1 Å². The van der Waals surface area contributed by atoms with Gasteiger partial charge in [-0.05, 0) is 36.4 Å². The van der Waals surface area contributed by atoms with Crippen molar-refractivity contribution in [3.63, 3.8) is 0 Å². The molecule has 0 bridgehead atoms. The molecule has 3 aromatic rings. The fraction of sp³-hybridized carbons (Fsp3) is 0.118. The van der Waals surface area contributed by atoms with Gasteiger partial charge in [0.1, 0.15) is 0 Å². The monoisotopic (exact) mass is 465 g/mol. The van der Waals surface area contributed by atoms with E-state index in [4.69, 9.17) is 0 Å². The Morgan fingerprint density at radius 3 is 1.94 bits per heavy atom. The summed E-state index contributed by atoms with van der Waals surface area (Å²) in [7, 11) is -4.48. The van der Waals surface area contributed by atoms with Gasteiger partial charge in [0.15, 0.2) is 0 Å². The number of benzene rings is 2. The van der Waals surface area contributed by atoms with Crippen LogP contribution in [-0.4, -0.2) is 24.5 Å². The van der Waals surface area contributed by atoms with Crippen molar-refractivity contribution >= 4 is 15.9 Å². The number of alkyl halides is 6. The van der Waals surface area contributed by atoms with Gasteiger partial charge in [-0.15, -0.1) is 0 Å². The highest BCUT2D eigenvalue weighted by Crippen LogP contribution is 2.30. The summed E-state index contributed by atoms with van der Waals surface area (Å²) in [6.07, 6.45) is -9.50. The van der Waals surface area contributed by atoms with Gasteiger partial charge in [-0.2, -0.15) is 31.3 Å². The van der Waals surface area contributed by atoms with E-state index in [0.29, 0.717) is 24.3 Å². The minimum atomic E-state index is -4.84. The molecule has 0 aliphatic carbocycles. The van der Waals surface area contributed by atoms with Gasteiger partial charge in [-0.3, -0.25) is 4.79 Å². The smallest absolute Gasteiger partial charge is 0.329 e. The SMILES string of the molecule is O=C(NS(=O)(=O)c1ccc(C(F)(F)F)cc1)c1ccc(-c2noc(C(F)(F)F)n2)cc1. The molecule has 3 rings (SSSR count). The molecule has 0 saturated carbocycles. The number of amides is 1. The number of sulfonamides is 1. The molecule has 0 aliphatic heterocycles. The first kappa shape index (κ1) is 22.3. The van der Waals surface area contributed by atoms with E-state index in [1.807, 2.05) is 0 Å². The molecule has 1 amide bonds. The van der Waals surface area contributed by atoms with Crippen LogP contribution in [0.4, 0.5) is 26.3 Å². The number of halogens is 6. The quantitative estimate of drug-likeness (QED) is 0.587.